The van der Waals surface area contributed by atoms with Gasteiger partial charge in [0.05, 0.1) is 0 Å². The Bertz CT molecular complexity index is 480. The summed E-state index contributed by atoms with van der Waals surface area (Å²) in [4.78, 5) is 12.9. The van der Waals surface area contributed by atoms with Crippen LogP contribution in [0.1, 0.15) is 53.4 Å². The van der Waals surface area contributed by atoms with Crippen molar-refractivity contribution in [1.29, 1.82) is 0 Å². The summed E-state index contributed by atoms with van der Waals surface area (Å²) in [5.74, 6) is 0.453. The summed E-state index contributed by atoms with van der Waals surface area (Å²) in [6.45, 7) is 8.77. The molecule has 0 saturated heterocycles. The molecule has 3 heteroatoms. The zero-order chi connectivity index (χ0) is 16.9. The minimum atomic E-state index is -2.75. The van der Waals surface area contributed by atoms with Crippen LogP contribution in [0.2, 0.25) is 3.63 Å². The van der Waals surface area contributed by atoms with Gasteiger partial charge in [0.2, 0.25) is 0 Å². The Labute approximate surface area is 153 Å². The van der Waals surface area contributed by atoms with Gasteiger partial charge < -0.3 is 0 Å². The SMILES string of the molecule is CCC(CC)C(=O)[NH][La]([C]1(CC)C=CC=C1)[C]1(CC)C=CC=C1. The van der Waals surface area contributed by atoms with E-state index < -0.39 is 30.3 Å². The normalized spacial score (nSPS) is 19.7. The predicted octanol–water partition coefficient (Wildman–Crippen LogP) is 5.46. The molecule has 124 valence electrons. The Morgan fingerprint density at radius 2 is 1.26 bits per heavy atom. The third kappa shape index (κ3) is 3.67. The van der Waals surface area contributed by atoms with Crippen LogP contribution in [0.25, 0.3) is 0 Å². The van der Waals surface area contributed by atoms with Crippen molar-refractivity contribution < 1.29 is 35.1 Å². The second-order valence-corrected chi connectivity index (χ2v) is 17.2. The van der Waals surface area contributed by atoms with Crippen molar-refractivity contribution in [3.05, 3.63) is 48.6 Å². The average molecular weight is 439 g/mol. The molecule has 0 aromatic heterocycles. The van der Waals surface area contributed by atoms with Gasteiger partial charge >= 0.3 is 155 Å². The summed E-state index contributed by atoms with van der Waals surface area (Å²) in [6.07, 6.45) is 22.2. The molecular formula is C20H30LaNO. The summed E-state index contributed by atoms with van der Waals surface area (Å²) >= 11 is -2.75. The molecule has 0 bridgehead atoms. The van der Waals surface area contributed by atoms with E-state index in [0.29, 0.717) is 5.91 Å². The third-order valence-electron chi connectivity index (χ3n) is 5.79. The van der Waals surface area contributed by atoms with Crippen LogP contribution in [0.15, 0.2) is 48.6 Å². The number of carbonyl (C=O) groups is 1. The number of hydrogen-bond acceptors (Lipinski definition) is 1. The van der Waals surface area contributed by atoms with Crippen LogP contribution >= 0.6 is 0 Å². The van der Waals surface area contributed by atoms with Crippen LogP contribution in [-0.2, 0) is 4.79 Å². The molecule has 0 aromatic carbocycles. The minimum absolute atomic E-state index is 0.122. The Balaban J connectivity index is 2.38. The summed E-state index contributed by atoms with van der Waals surface area (Å²) in [5, 5.41) is 0. The molecule has 1 amide bonds. The van der Waals surface area contributed by atoms with E-state index in [9.17, 15) is 4.79 Å². The Hall–Kier alpha value is -0.375. The first-order valence-corrected chi connectivity index (χ1v) is 14.6. The van der Waals surface area contributed by atoms with Crippen molar-refractivity contribution in [3.63, 3.8) is 0 Å². The standard InChI is InChI=1S/2C7H9.C6H13NO.La/c2*1-2-7-5-3-4-6-7;1-3-5(4-2)6(7)8;/h2*3-6H,2H2,1H3;5H,3-4H2,1-2H3,(H2,7,8);/q;;;+1/p-1. The zero-order valence-electron chi connectivity index (χ0n) is 15.0. The number of amides is 1. The quantitative estimate of drug-likeness (QED) is 0.535. The van der Waals surface area contributed by atoms with E-state index in [1.807, 2.05) is 0 Å². The summed E-state index contributed by atoms with van der Waals surface area (Å²) in [7, 11) is 0. The Kier molecular flexibility index (Phi) is 6.71. The van der Waals surface area contributed by atoms with Crippen molar-refractivity contribution >= 4 is 5.91 Å². The molecule has 0 aromatic rings. The van der Waals surface area contributed by atoms with Crippen LogP contribution in [-0.4, -0.2) is 5.91 Å². The maximum atomic E-state index is 12.9. The van der Waals surface area contributed by atoms with Gasteiger partial charge in [0.15, 0.2) is 0 Å². The molecule has 0 saturated carbocycles. The fraction of sp³-hybridized carbons (Fsp3) is 0.550. The maximum absolute atomic E-state index is 12.9. The molecule has 0 atom stereocenters. The van der Waals surface area contributed by atoms with E-state index in [1.54, 1.807) is 0 Å². The van der Waals surface area contributed by atoms with Crippen LogP contribution in [0.4, 0.5) is 0 Å². The van der Waals surface area contributed by atoms with Gasteiger partial charge in [0.25, 0.3) is 0 Å². The second kappa shape index (κ2) is 8.14. The van der Waals surface area contributed by atoms with Crippen molar-refractivity contribution in [3.8, 4) is 0 Å². The topological polar surface area (TPSA) is 29.1 Å². The predicted molar refractivity (Wildman–Crippen MR) is 94.7 cm³/mol. The first kappa shape index (κ1) is 19.0. The van der Waals surface area contributed by atoms with Crippen LogP contribution < -0.4 is 2.08 Å². The van der Waals surface area contributed by atoms with E-state index in [1.165, 1.54) is 0 Å². The first-order valence-electron chi connectivity index (χ1n) is 9.12. The van der Waals surface area contributed by atoms with Gasteiger partial charge in [0.1, 0.15) is 0 Å². The summed E-state index contributed by atoms with van der Waals surface area (Å²) in [6, 6.07) is 0. The molecule has 0 spiro atoms. The molecule has 2 nitrogen and oxygen atoms in total. The van der Waals surface area contributed by atoms with Gasteiger partial charge in [-0.15, -0.1) is 0 Å². The van der Waals surface area contributed by atoms with Gasteiger partial charge in [-0.2, -0.15) is 0 Å². The van der Waals surface area contributed by atoms with E-state index in [2.05, 4.69) is 78.4 Å². The number of carbonyl (C=O) groups excluding carboxylic acids is 1. The summed E-state index contributed by atoms with van der Waals surface area (Å²) in [5.41, 5.74) is 0. The van der Waals surface area contributed by atoms with E-state index in [0.717, 1.165) is 25.7 Å². The van der Waals surface area contributed by atoms with Crippen molar-refractivity contribution in [1.82, 2.24) is 2.08 Å². The fourth-order valence-corrected chi connectivity index (χ4v) is 16.8. The van der Waals surface area contributed by atoms with Gasteiger partial charge in [-0.1, -0.05) is 0 Å². The molecule has 2 aliphatic carbocycles. The zero-order valence-corrected chi connectivity index (χ0v) is 18.6. The Morgan fingerprint density at radius 3 is 1.57 bits per heavy atom. The van der Waals surface area contributed by atoms with Gasteiger partial charge in [-0.25, -0.2) is 0 Å². The van der Waals surface area contributed by atoms with E-state index in [-0.39, 0.29) is 9.55 Å². The molecule has 2 aliphatic rings. The third-order valence-corrected chi connectivity index (χ3v) is 19.3. The molecule has 0 unspecified atom stereocenters. The molecule has 0 aliphatic heterocycles. The van der Waals surface area contributed by atoms with Gasteiger partial charge in [-0.3, -0.25) is 0 Å². The Morgan fingerprint density at radius 1 is 0.870 bits per heavy atom. The number of hydrogen-bond donors (Lipinski definition) is 1. The van der Waals surface area contributed by atoms with Crippen molar-refractivity contribution in [2.45, 2.75) is 57.0 Å². The fourth-order valence-electron chi connectivity index (χ4n) is 4.00. The molecule has 0 fully saturated rings. The molecule has 2 rings (SSSR count). The number of rotatable bonds is 8. The molecule has 0 radical (unpaired) electrons. The van der Waals surface area contributed by atoms with Gasteiger partial charge in [-0.05, 0) is 0 Å². The molecule has 0 heterocycles. The van der Waals surface area contributed by atoms with E-state index in [4.69, 9.17) is 0 Å². The molecular weight excluding hydrogens is 409 g/mol. The first-order chi connectivity index (χ1) is 11.1. The number of allylic oxidation sites excluding steroid dienone is 8. The van der Waals surface area contributed by atoms with Crippen LogP contribution in [0.5, 0.6) is 0 Å². The van der Waals surface area contributed by atoms with Gasteiger partial charge in [0, 0.05) is 0 Å². The van der Waals surface area contributed by atoms with Crippen molar-refractivity contribution in [2.75, 3.05) is 0 Å². The van der Waals surface area contributed by atoms with Crippen LogP contribution in [0.3, 0.4) is 0 Å². The van der Waals surface area contributed by atoms with E-state index >= 15 is 0 Å². The summed E-state index contributed by atoms with van der Waals surface area (Å²) < 4.78 is 3.91. The molecule has 1 N–H and O–H groups in total. The van der Waals surface area contributed by atoms with Crippen LogP contribution in [0, 0.1) is 36.3 Å². The number of nitrogens with one attached hydrogen (secondary N) is 1. The van der Waals surface area contributed by atoms with Crippen molar-refractivity contribution in [2.24, 2.45) is 5.92 Å². The average Bonchev–Trinajstić information content (AvgIpc) is 3.24. The second-order valence-electron chi connectivity index (χ2n) is 6.82. The molecule has 23 heavy (non-hydrogen) atoms. The monoisotopic (exact) mass is 439 g/mol.